The highest BCUT2D eigenvalue weighted by atomic mass is 16.3. The molecule has 0 unspecified atom stereocenters. The Morgan fingerprint density at radius 2 is 1.53 bits per heavy atom. The average molecular weight is 207 g/mol. The Balaban J connectivity index is 2.86. The number of aromatic hydroxyl groups is 2. The van der Waals surface area contributed by atoms with E-state index in [-0.39, 0.29) is 22.7 Å². The lowest BCUT2D eigenvalue weighted by atomic mass is 10.0. The molecule has 15 heavy (non-hydrogen) atoms. The number of Topliss-reactive ketones (excluding diaryl/α,β-unsaturated/α-hetero) is 1. The van der Waals surface area contributed by atoms with Gasteiger partial charge in [-0.05, 0) is 25.0 Å². The number of phenols is 2. The molecule has 1 aromatic rings. The van der Waals surface area contributed by atoms with Crippen LogP contribution in [0.5, 0.6) is 11.5 Å². The zero-order valence-corrected chi connectivity index (χ0v) is 8.21. The highest BCUT2D eigenvalue weighted by molar-refractivity contribution is 6.52. The summed E-state index contributed by atoms with van der Waals surface area (Å²) >= 11 is 0. The van der Waals surface area contributed by atoms with Crippen molar-refractivity contribution >= 4 is 17.4 Å². The molecule has 2 rings (SSSR count). The number of ketones is 1. The molecule has 1 heterocycles. The lowest BCUT2D eigenvalue weighted by Gasteiger charge is -2.10. The minimum atomic E-state index is -0.833. The summed E-state index contributed by atoms with van der Waals surface area (Å²) in [6.45, 7) is 3.17. The van der Waals surface area contributed by atoms with Gasteiger partial charge in [-0.3, -0.25) is 9.59 Å². The summed E-state index contributed by atoms with van der Waals surface area (Å²) in [5.41, 5.74) is 0.712. The Morgan fingerprint density at radius 3 is 2.13 bits per heavy atom. The zero-order valence-electron chi connectivity index (χ0n) is 8.21. The molecular formula is C10H9NO4. The summed E-state index contributed by atoms with van der Waals surface area (Å²) < 4.78 is 0. The highest BCUT2D eigenvalue weighted by Gasteiger charge is 2.35. The maximum atomic E-state index is 11.3. The van der Waals surface area contributed by atoms with E-state index in [1.54, 1.807) is 13.8 Å². The van der Waals surface area contributed by atoms with Gasteiger partial charge in [-0.15, -0.1) is 0 Å². The Morgan fingerprint density at radius 1 is 1.00 bits per heavy atom. The van der Waals surface area contributed by atoms with E-state index in [0.717, 1.165) is 0 Å². The number of carbonyl (C=O) groups excluding carboxylic acids is 2. The quantitative estimate of drug-likeness (QED) is 0.334. The second-order valence-electron chi connectivity index (χ2n) is 3.48. The maximum absolute atomic E-state index is 11.3. The number of phenolic OH excluding ortho intramolecular Hbond substituents is 2. The number of fused-ring (bicyclic) bond motifs is 1. The third kappa shape index (κ3) is 1.03. The van der Waals surface area contributed by atoms with Crippen molar-refractivity contribution in [1.82, 2.24) is 0 Å². The van der Waals surface area contributed by atoms with Crippen molar-refractivity contribution in [2.75, 3.05) is 5.32 Å². The number of anilines is 1. The molecule has 0 spiro atoms. The van der Waals surface area contributed by atoms with Gasteiger partial charge < -0.3 is 15.5 Å². The first-order valence-corrected chi connectivity index (χ1v) is 4.36. The number of rotatable bonds is 0. The van der Waals surface area contributed by atoms with Crippen LogP contribution < -0.4 is 5.32 Å². The average Bonchev–Trinajstić information content (AvgIpc) is 2.50. The summed E-state index contributed by atoms with van der Waals surface area (Å²) in [6, 6.07) is 0. The summed E-state index contributed by atoms with van der Waals surface area (Å²) in [5.74, 6) is -2.07. The molecule has 1 aromatic carbocycles. The van der Waals surface area contributed by atoms with E-state index in [2.05, 4.69) is 5.32 Å². The first kappa shape index (κ1) is 9.51. The lowest BCUT2D eigenvalue weighted by molar-refractivity contribution is -0.112. The molecule has 3 N–H and O–H groups in total. The van der Waals surface area contributed by atoms with Crippen molar-refractivity contribution in [2.24, 2.45) is 0 Å². The van der Waals surface area contributed by atoms with Crippen LogP contribution in [0, 0.1) is 13.8 Å². The third-order valence-electron chi connectivity index (χ3n) is 2.67. The van der Waals surface area contributed by atoms with Gasteiger partial charge in [0.25, 0.3) is 11.7 Å². The summed E-state index contributed by atoms with van der Waals surface area (Å²) in [6.07, 6.45) is 0. The molecule has 78 valence electrons. The summed E-state index contributed by atoms with van der Waals surface area (Å²) in [4.78, 5) is 22.4. The maximum Gasteiger partial charge on any atom is 0.297 e. The molecule has 0 saturated heterocycles. The highest BCUT2D eigenvalue weighted by Crippen LogP contribution is 2.43. The van der Waals surface area contributed by atoms with Gasteiger partial charge in [-0.1, -0.05) is 0 Å². The van der Waals surface area contributed by atoms with Crippen LogP contribution in [0.3, 0.4) is 0 Å². The number of nitrogens with one attached hydrogen (secondary N) is 1. The lowest BCUT2D eigenvalue weighted by Crippen LogP contribution is -2.12. The van der Waals surface area contributed by atoms with Crippen molar-refractivity contribution in [3.8, 4) is 11.5 Å². The SMILES string of the molecule is Cc1c(C)c(O)c2c(c1O)NC(=O)C2=O. The number of hydrogen-bond acceptors (Lipinski definition) is 4. The fourth-order valence-electron chi connectivity index (χ4n) is 1.59. The molecule has 0 bridgehead atoms. The molecular weight excluding hydrogens is 198 g/mol. The molecule has 0 atom stereocenters. The van der Waals surface area contributed by atoms with Gasteiger partial charge in [-0.2, -0.15) is 0 Å². The van der Waals surface area contributed by atoms with E-state index in [1.165, 1.54) is 0 Å². The number of hydrogen-bond donors (Lipinski definition) is 3. The molecule has 0 saturated carbocycles. The predicted octanol–water partition coefficient (Wildman–Crippen LogP) is 0.849. The van der Waals surface area contributed by atoms with Crippen LogP contribution in [0.1, 0.15) is 21.5 Å². The van der Waals surface area contributed by atoms with E-state index in [0.29, 0.717) is 11.1 Å². The Labute approximate surface area is 85.3 Å². The Kier molecular flexibility index (Phi) is 1.73. The first-order valence-electron chi connectivity index (χ1n) is 4.36. The van der Waals surface area contributed by atoms with Crippen molar-refractivity contribution < 1.29 is 19.8 Å². The first-order chi connectivity index (χ1) is 6.95. The predicted molar refractivity (Wildman–Crippen MR) is 52.2 cm³/mol. The molecule has 1 amide bonds. The molecule has 0 radical (unpaired) electrons. The van der Waals surface area contributed by atoms with E-state index in [1.807, 2.05) is 0 Å². The van der Waals surface area contributed by atoms with Gasteiger partial charge >= 0.3 is 0 Å². The molecule has 1 aliphatic rings. The smallest absolute Gasteiger partial charge is 0.297 e. The molecule has 0 aromatic heterocycles. The fourth-order valence-corrected chi connectivity index (χ4v) is 1.59. The minimum absolute atomic E-state index is 0.00519. The fraction of sp³-hybridized carbons (Fsp3) is 0.200. The van der Waals surface area contributed by atoms with Gasteiger partial charge in [-0.25, -0.2) is 0 Å². The van der Waals surface area contributed by atoms with Crippen molar-refractivity contribution in [3.63, 3.8) is 0 Å². The second-order valence-corrected chi connectivity index (χ2v) is 3.48. The normalized spacial score (nSPS) is 14.0. The molecule has 5 nitrogen and oxygen atoms in total. The van der Waals surface area contributed by atoms with Gasteiger partial charge in [0.05, 0.1) is 11.3 Å². The standard InChI is InChI=1S/C10H9NO4/c1-3-4(2)8(13)6-5(7(3)12)9(14)10(15)11-6/h12-13H,1-2H3,(H,11,14,15). The van der Waals surface area contributed by atoms with Crippen LogP contribution in [0.25, 0.3) is 0 Å². The second kappa shape index (κ2) is 2.73. The van der Waals surface area contributed by atoms with Crippen LogP contribution in [-0.4, -0.2) is 21.9 Å². The Hall–Kier alpha value is -2.04. The van der Waals surface area contributed by atoms with Crippen LogP contribution >= 0.6 is 0 Å². The topological polar surface area (TPSA) is 86.6 Å². The molecule has 1 aliphatic heterocycles. The van der Waals surface area contributed by atoms with Gasteiger partial charge in [0.2, 0.25) is 0 Å². The monoisotopic (exact) mass is 207 g/mol. The van der Waals surface area contributed by atoms with Gasteiger partial charge in [0, 0.05) is 0 Å². The molecule has 0 aliphatic carbocycles. The minimum Gasteiger partial charge on any atom is -0.507 e. The molecule has 0 fully saturated rings. The van der Waals surface area contributed by atoms with Crippen LogP contribution in [0.15, 0.2) is 0 Å². The van der Waals surface area contributed by atoms with E-state index < -0.39 is 11.7 Å². The summed E-state index contributed by atoms with van der Waals surface area (Å²) in [7, 11) is 0. The van der Waals surface area contributed by atoms with E-state index >= 15 is 0 Å². The van der Waals surface area contributed by atoms with Crippen LogP contribution in [0.4, 0.5) is 5.69 Å². The largest absolute Gasteiger partial charge is 0.507 e. The summed E-state index contributed by atoms with van der Waals surface area (Å²) in [5, 5.41) is 21.6. The molecule has 5 heteroatoms. The van der Waals surface area contributed by atoms with Crippen molar-refractivity contribution in [2.45, 2.75) is 13.8 Å². The third-order valence-corrected chi connectivity index (χ3v) is 2.67. The van der Waals surface area contributed by atoms with E-state index in [4.69, 9.17) is 0 Å². The number of amides is 1. The van der Waals surface area contributed by atoms with Crippen LogP contribution in [0.2, 0.25) is 0 Å². The van der Waals surface area contributed by atoms with Crippen LogP contribution in [-0.2, 0) is 4.79 Å². The van der Waals surface area contributed by atoms with Gasteiger partial charge in [0.15, 0.2) is 0 Å². The number of carbonyl (C=O) groups is 2. The van der Waals surface area contributed by atoms with Crippen molar-refractivity contribution in [1.29, 1.82) is 0 Å². The zero-order chi connectivity index (χ0) is 11.3. The van der Waals surface area contributed by atoms with E-state index in [9.17, 15) is 19.8 Å². The number of benzene rings is 1. The van der Waals surface area contributed by atoms with Gasteiger partial charge in [0.1, 0.15) is 11.5 Å². The van der Waals surface area contributed by atoms with Crippen molar-refractivity contribution in [3.05, 3.63) is 16.7 Å². The Bertz CT molecular complexity index is 505.